The van der Waals surface area contributed by atoms with Crippen LogP contribution < -0.4 is 10.1 Å². The molecule has 0 saturated carbocycles. The number of nitrogens with one attached hydrogen (secondary N) is 1. The van der Waals surface area contributed by atoms with Crippen molar-refractivity contribution < 1.29 is 9.53 Å². The van der Waals surface area contributed by atoms with Crippen molar-refractivity contribution in [2.45, 2.75) is 6.61 Å². The van der Waals surface area contributed by atoms with Crippen molar-refractivity contribution in [3.8, 4) is 11.8 Å². The summed E-state index contributed by atoms with van der Waals surface area (Å²) in [6, 6.07) is 23.9. The van der Waals surface area contributed by atoms with E-state index >= 15 is 0 Å². The molecule has 35 heavy (non-hydrogen) atoms. The van der Waals surface area contributed by atoms with Gasteiger partial charge in [0.05, 0.1) is 25.8 Å². The number of hydrogen-bond acceptors (Lipinski definition) is 3. The van der Waals surface area contributed by atoms with E-state index in [2.05, 4.69) is 5.32 Å². The zero-order chi connectivity index (χ0) is 24.9. The molecule has 0 radical (unpaired) electrons. The number of benzene rings is 4. The molecular formula is C27H16Cl4N2O2. The van der Waals surface area contributed by atoms with Crippen molar-refractivity contribution in [1.29, 1.82) is 5.26 Å². The molecule has 0 aliphatic carbocycles. The van der Waals surface area contributed by atoms with Gasteiger partial charge in [0.25, 0.3) is 5.91 Å². The SMILES string of the molecule is N#C/C(=C/c1cc(Cl)c(OCc2ccc3ccccc3c2)c(Cl)c1)C(=O)Nc1cccc(Cl)c1Cl. The van der Waals surface area contributed by atoms with Crippen LogP contribution in [0.2, 0.25) is 20.1 Å². The summed E-state index contributed by atoms with van der Waals surface area (Å²) in [4.78, 5) is 12.6. The topological polar surface area (TPSA) is 62.1 Å². The third-order valence-corrected chi connectivity index (χ3v) is 6.47. The average molecular weight is 542 g/mol. The molecule has 0 aliphatic rings. The van der Waals surface area contributed by atoms with E-state index in [1.165, 1.54) is 6.08 Å². The Morgan fingerprint density at radius 1 is 0.886 bits per heavy atom. The molecule has 4 aromatic rings. The molecule has 0 bridgehead atoms. The van der Waals surface area contributed by atoms with E-state index in [0.717, 1.165) is 16.3 Å². The minimum Gasteiger partial charge on any atom is -0.486 e. The predicted molar refractivity (Wildman–Crippen MR) is 143 cm³/mol. The zero-order valence-corrected chi connectivity index (χ0v) is 21.0. The fourth-order valence-electron chi connectivity index (χ4n) is 3.39. The Kier molecular flexibility index (Phi) is 7.85. The maximum atomic E-state index is 12.6. The molecular weight excluding hydrogens is 526 g/mol. The number of halogens is 4. The third-order valence-electron chi connectivity index (χ3n) is 5.09. The number of fused-ring (bicyclic) bond motifs is 1. The molecule has 4 rings (SSSR count). The van der Waals surface area contributed by atoms with Gasteiger partial charge in [0, 0.05) is 0 Å². The number of carbonyl (C=O) groups excluding carboxylic acids is 1. The monoisotopic (exact) mass is 540 g/mol. The summed E-state index contributed by atoms with van der Waals surface area (Å²) in [6.07, 6.45) is 1.37. The van der Waals surface area contributed by atoms with E-state index in [1.54, 1.807) is 30.3 Å². The molecule has 4 nitrogen and oxygen atoms in total. The molecule has 1 N–H and O–H groups in total. The summed E-state index contributed by atoms with van der Waals surface area (Å²) in [7, 11) is 0. The summed E-state index contributed by atoms with van der Waals surface area (Å²) in [5.74, 6) is -0.340. The third kappa shape index (κ3) is 5.90. The normalized spacial score (nSPS) is 11.2. The highest BCUT2D eigenvalue weighted by molar-refractivity contribution is 6.44. The predicted octanol–water partition coefficient (Wildman–Crippen LogP) is 8.58. The molecule has 0 aromatic heterocycles. The van der Waals surface area contributed by atoms with Crippen LogP contribution in [0.4, 0.5) is 5.69 Å². The number of carbonyl (C=O) groups is 1. The van der Waals surface area contributed by atoms with E-state index in [-0.39, 0.29) is 32.3 Å². The molecule has 0 fully saturated rings. The Hall–Kier alpha value is -3.20. The van der Waals surface area contributed by atoms with E-state index in [4.69, 9.17) is 51.1 Å². The first-order chi connectivity index (χ1) is 16.9. The van der Waals surface area contributed by atoms with Crippen LogP contribution >= 0.6 is 46.4 Å². The number of amides is 1. The Labute approximate surface area is 222 Å². The molecule has 0 spiro atoms. The van der Waals surface area contributed by atoms with Gasteiger partial charge in [-0.05, 0) is 58.3 Å². The van der Waals surface area contributed by atoms with Crippen molar-refractivity contribution in [1.82, 2.24) is 0 Å². The van der Waals surface area contributed by atoms with Crippen molar-refractivity contribution in [2.75, 3.05) is 5.32 Å². The first kappa shape index (κ1) is 24.9. The fraction of sp³-hybridized carbons (Fsp3) is 0.0370. The highest BCUT2D eigenvalue weighted by Gasteiger charge is 2.15. The van der Waals surface area contributed by atoms with Crippen molar-refractivity contribution in [3.63, 3.8) is 0 Å². The van der Waals surface area contributed by atoms with Crippen molar-refractivity contribution in [2.24, 2.45) is 0 Å². The Morgan fingerprint density at radius 2 is 1.60 bits per heavy atom. The highest BCUT2D eigenvalue weighted by Crippen LogP contribution is 2.36. The number of nitrogens with zero attached hydrogens (tertiary/aromatic N) is 1. The van der Waals surface area contributed by atoms with E-state index < -0.39 is 5.91 Å². The quantitative estimate of drug-likeness (QED) is 0.196. The maximum absolute atomic E-state index is 12.6. The Morgan fingerprint density at radius 3 is 2.31 bits per heavy atom. The summed E-state index contributed by atoms with van der Waals surface area (Å²) < 4.78 is 5.88. The van der Waals surface area contributed by atoms with E-state index in [9.17, 15) is 10.1 Å². The van der Waals surface area contributed by atoms with E-state index in [0.29, 0.717) is 17.0 Å². The standard InChI is InChI=1S/C27H16Cl4N2O2/c28-21-6-3-7-24(25(21)31)33-27(34)20(14-32)11-17-12-22(29)26(23(30)13-17)35-15-16-8-9-18-4-1-2-5-19(18)10-16/h1-13H,15H2,(H,33,34)/b20-11-. The number of nitriles is 1. The smallest absolute Gasteiger partial charge is 0.266 e. The first-order valence-corrected chi connectivity index (χ1v) is 11.8. The minimum absolute atomic E-state index is 0.169. The van der Waals surface area contributed by atoms with Crippen molar-refractivity contribution >= 4 is 74.8 Å². The number of ether oxygens (including phenoxy) is 1. The number of hydrogen-bond donors (Lipinski definition) is 1. The van der Waals surface area contributed by atoms with Gasteiger partial charge < -0.3 is 10.1 Å². The molecule has 0 saturated heterocycles. The molecule has 0 atom stereocenters. The second-order valence-corrected chi connectivity index (χ2v) is 9.11. The number of rotatable bonds is 6. The van der Waals surface area contributed by atoms with Gasteiger partial charge in [-0.2, -0.15) is 5.26 Å². The summed E-state index contributed by atoms with van der Waals surface area (Å²) in [6.45, 7) is 0.270. The lowest BCUT2D eigenvalue weighted by atomic mass is 10.1. The van der Waals surface area contributed by atoms with Gasteiger partial charge >= 0.3 is 0 Å². The molecule has 0 unspecified atom stereocenters. The van der Waals surface area contributed by atoms with Crippen LogP contribution in [0.5, 0.6) is 5.75 Å². The average Bonchev–Trinajstić information content (AvgIpc) is 2.84. The first-order valence-electron chi connectivity index (χ1n) is 10.3. The maximum Gasteiger partial charge on any atom is 0.266 e. The zero-order valence-electron chi connectivity index (χ0n) is 18.0. The molecule has 1 amide bonds. The lowest BCUT2D eigenvalue weighted by Gasteiger charge is -2.12. The fourth-order valence-corrected chi connectivity index (χ4v) is 4.35. The van der Waals surface area contributed by atoms with Crippen LogP contribution in [0.25, 0.3) is 16.8 Å². The summed E-state index contributed by atoms with van der Waals surface area (Å²) in [5.41, 5.74) is 1.54. The minimum atomic E-state index is -0.652. The Bertz CT molecular complexity index is 1490. The van der Waals surface area contributed by atoms with Crippen molar-refractivity contribution in [3.05, 3.63) is 110 Å². The van der Waals surface area contributed by atoms with Crippen LogP contribution in [0, 0.1) is 11.3 Å². The van der Waals surface area contributed by atoms with Crippen LogP contribution in [0.1, 0.15) is 11.1 Å². The van der Waals surface area contributed by atoms with Gasteiger partial charge in [-0.1, -0.05) is 88.9 Å². The molecule has 8 heteroatoms. The van der Waals surface area contributed by atoms with Crippen LogP contribution in [-0.4, -0.2) is 5.91 Å². The summed E-state index contributed by atoms with van der Waals surface area (Å²) >= 11 is 24.9. The second kappa shape index (κ2) is 11.0. The van der Waals surface area contributed by atoms with Gasteiger partial charge in [0.15, 0.2) is 5.75 Å². The largest absolute Gasteiger partial charge is 0.486 e. The molecule has 4 aromatic carbocycles. The second-order valence-electron chi connectivity index (χ2n) is 7.51. The molecule has 174 valence electrons. The molecule has 0 aliphatic heterocycles. The number of anilines is 1. The van der Waals surface area contributed by atoms with Gasteiger partial charge in [-0.3, -0.25) is 4.79 Å². The lowest BCUT2D eigenvalue weighted by Crippen LogP contribution is -2.13. The highest BCUT2D eigenvalue weighted by atomic mass is 35.5. The molecule has 0 heterocycles. The van der Waals surface area contributed by atoms with Crippen LogP contribution in [0.15, 0.2) is 78.4 Å². The van der Waals surface area contributed by atoms with Crippen LogP contribution in [0.3, 0.4) is 0 Å². The summed E-state index contributed by atoms with van der Waals surface area (Å²) in [5, 5.41) is 15.3. The van der Waals surface area contributed by atoms with E-state index in [1.807, 2.05) is 48.5 Å². The van der Waals surface area contributed by atoms with Gasteiger partial charge in [-0.25, -0.2) is 0 Å². The van der Waals surface area contributed by atoms with Crippen LogP contribution in [-0.2, 0) is 11.4 Å². The lowest BCUT2D eigenvalue weighted by molar-refractivity contribution is -0.112. The Balaban J connectivity index is 1.51. The van der Waals surface area contributed by atoms with Gasteiger partial charge in [0.1, 0.15) is 18.2 Å². The van der Waals surface area contributed by atoms with Gasteiger partial charge in [-0.15, -0.1) is 0 Å². The van der Waals surface area contributed by atoms with Gasteiger partial charge in [0.2, 0.25) is 0 Å².